The van der Waals surface area contributed by atoms with Crippen molar-refractivity contribution in [1.29, 1.82) is 0 Å². The van der Waals surface area contributed by atoms with Crippen LogP contribution in [0.3, 0.4) is 0 Å². The van der Waals surface area contributed by atoms with Gasteiger partial charge in [0.15, 0.2) is 0 Å². The zero-order chi connectivity index (χ0) is 16.9. The van der Waals surface area contributed by atoms with Gasteiger partial charge in [0.1, 0.15) is 0 Å². The van der Waals surface area contributed by atoms with Crippen LogP contribution in [-0.4, -0.2) is 24.5 Å². The van der Waals surface area contributed by atoms with Crippen molar-refractivity contribution in [2.45, 2.75) is 16.7 Å². The third-order valence-electron chi connectivity index (χ3n) is 3.64. The molecule has 1 atom stereocenters. The van der Waals surface area contributed by atoms with Crippen molar-refractivity contribution in [3.8, 4) is 0 Å². The molecular formula is C18H15BrF2N2Se. The predicted molar refractivity (Wildman–Crippen MR) is 94.9 cm³/mol. The van der Waals surface area contributed by atoms with Gasteiger partial charge in [0.2, 0.25) is 0 Å². The molecule has 0 radical (unpaired) electrons. The topological polar surface area (TPSA) is 17.8 Å². The quantitative estimate of drug-likeness (QED) is 0.498. The number of rotatable bonds is 6. The Morgan fingerprint density at radius 2 is 2.00 bits per heavy atom. The van der Waals surface area contributed by atoms with Crippen molar-refractivity contribution in [1.82, 2.24) is 9.55 Å². The van der Waals surface area contributed by atoms with E-state index in [9.17, 15) is 8.78 Å². The van der Waals surface area contributed by atoms with Gasteiger partial charge < -0.3 is 0 Å². The molecule has 24 heavy (non-hydrogen) atoms. The van der Waals surface area contributed by atoms with Gasteiger partial charge in [-0.3, -0.25) is 0 Å². The zero-order valence-corrected chi connectivity index (χ0v) is 16.0. The van der Waals surface area contributed by atoms with Crippen molar-refractivity contribution in [2.24, 2.45) is 0 Å². The van der Waals surface area contributed by atoms with Crippen LogP contribution < -0.4 is 0 Å². The first-order valence-electron chi connectivity index (χ1n) is 7.39. The van der Waals surface area contributed by atoms with Crippen LogP contribution in [0.4, 0.5) is 8.78 Å². The van der Waals surface area contributed by atoms with Crippen LogP contribution in [0, 0.1) is 11.6 Å². The van der Waals surface area contributed by atoms with Crippen LogP contribution in [-0.2, 0) is 11.9 Å². The van der Waals surface area contributed by atoms with Crippen molar-refractivity contribution in [2.75, 3.05) is 0 Å². The van der Waals surface area contributed by atoms with Crippen LogP contribution >= 0.6 is 15.9 Å². The van der Waals surface area contributed by atoms with E-state index in [-0.39, 0.29) is 19.8 Å². The van der Waals surface area contributed by atoms with E-state index in [1.54, 1.807) is 18.6 Å². The Balaban J connectivity index is 1.83. The number of benzene rings is 2. The Morgan fingerprint density at radius 1 is 1.17 bits per heavy atom. The van der Waals surface area contributed by atoms with E-state index in [0.29, 0.717) is 12.1 Å². The molecule has 0 bridgehead atoms. The number of halogens is 3. The molecule has 0 aliphatic rings. The van der Waals surface area contributed by atoms with Gasteiger partial charge >= 0.3 is 154 Å². The first kappa shape index (κ1) is 17.3. The monoisotopic (exact) mass is 456 g/mol. The van der Waals surface area contributed by atoms with Gasteiger partial charge in [-0.2, -0.15) is 0 Å². The SMILES string of the molecule is Fc1ccc(C(Cn2ccnc2)[Se]Cc2ccccc2Br)c(F)c1. The number of aromatic nitrogens is 2. The van der Waals surface area contributed by atoms with Crippen LogP contribution in [0.2, 0.25) is 0 Å². The molecule has 0 aliphatic heterocycles. The molecule has 1 aromatic heterocycles. The van der Waals surface area contributed by atoms with E-state index >= 15 is 0 Å². The molecule has 2 aromatic carbocycles. The van der Waals surface area contributed by atoms with Gasteiger partial charge in [-0.15, -0.1) is 0 Å². The molecule has 0 saturated carbocycles. The van der Waals surface area contributed by atoms with Crippen molar-refractivity contribution in [3.05, 3.63) is 88.4 Å². The minimum atomic E-state index is -0.545. The normalized spacial score (nSPS) is 12.3. The molecular weight excluding hydrogens is 441 g/mol. The summed E-state index contributed by atoms with van der Waals surface area (Å²) in [6, 6.07) is 11.9. The maximum absolute atomic E-state index is 14.3. The summed E-state index contributed by atoms with van der Waals surface area (Å²) in [6.07, 6.45) is 5.30. The molecule has 0 spiro atoms. The Hall–Kier alpha value is -1.49. The molecule has 3 rings (SSSR count). The van der Waals surface area contributed by atoms with E-state index in [1.165, 1.54) is 11.6 Å². The third-order valence-corrected chi connectivity index (χ3v) is 7.11. The number of hydrogen-bond donors (Lipinski definition) is 0. The van der Waals surface area contributed by atoms with Gasteiger partial charge in [0.25, 0.3) is 0 Å². The summed E-state index contributed by atoms with van der Waals surface area (Å²) in [4.78, 5) is 4.05. The Labute approximate surface area is 154 Å². The van der Waals surface area contributed by atoms with Crippen LogP contribution in [0.1, 0.15) is 15.9 Å². The van der Waals surface area contributed by atoms with Crippen LogP contribution in [0.25, 0.3) is 0 Å². The second-order valence-electron chi connectivity index (χ2n) is 5.32. The first-order valence-corrected chi connectivity index (χ1v) is 10.4. The van der Waals surface area contributed by atoms with E-state index in [2.05, 4.69) is 27.0 Å². The van der Waals surface area contributed by atoms with E-state index in [0.717, 1.165) is 15.9 Å². The molecule has 2 nitrogen and oxygen atoms in total. The Morgan fingerprint density at radius 3 is 2.71 bits per heavy atom. The molecule has 1 unspecified atom stereocenters. The molecule has 0 saturated heterocycles. The maximum atomic E-state index is 14.3. The summed E-state index contributed by atoms with van der Waals surface area (Å²) in [5.41, 5.74) is 1.77. The summed E-state index contributed by atoms with van der Waals surface area (Å²) in [6.45, 7) is 0.632. The minimum absolute atomic E-state index is 0.000550. The average molecular weight is 456 g/mol. The zero-order valence-electron chi connectivity index (χ0n) is 12.7. The van der Waals surface area contributed by atoms with Crippen LogP contribution in [0.5, 0.6) is 0 Å². The van der Waals surface area contributed by atoms with Gasteiger partial charge in [-0.1, -0.05) is 0 Å². The van der Waals surface area contributed by atoms with Crippen molar-refractivity contribution < 1.29 is 8.78 Å². The number of imidazole rings is 1. The fraction of sp³-hybridized carbons (Fsp3) is 0.167. The molecule has 0 N–H and O–H groups in total. The Bertz CT molecular complexity index is 809. The molecule has 0 aliphatic carbocycles. The molecule has 0 fully saturated rings. The molecule has 1 heterocycles. The van der Waals surface area contributed by atoms with Crippen molar-refractivity contribution >= 4 is 30.9 Å². The van der Waals surface area contributed by atoms with Gasteiger partial charge in [-0.05, 0) is 0 Å². The molecule has 0 amide bonds. The number of hydrogen-bond acceptors (Lipinski definition) is 1. The average Bonchev–Trinajstić information content (AvgIpc) is 3.06. The second-order valence-corrected chi connectivity index (χ2v) is 8.67. The third kappa shape index (κ3) is 4.32. The fourth-order valence-corrected chi connectivity index (χ4v) is 5.93. The van der Waals surface area contributed by atoms with Crippen molar-refractivity contribution in [3.63, 3.8) is 0 Å². The van der Waals surface area contributed by atoms with E-state index < -0.39 is 11.6 Å². The summed E-state index contributed by atoms with van der Waals surface area (Å²) in [5, 5.41) is 0.866. The van der Waals surface area contributed by atoms with Crippen LogP contribution in [0.15, 0.2) is 65.7 Å². The summed E-state index contributed by atoms with van der Waals surface area (Å²) in [5.74, 6) is -1.02. The molecule has 124 valence electrons. The van der Waals surface area contributed by atoms with E-state index in [4.69, 9.17) is 0 Å². The summed E-state index contributed by atoms with van der Waals surface area (Å²) in [7, 11) is 0. The summed E-state index contributed by atoms with van der Waals surface area (Å²) < 4.78 is 30.5. The van der Waals surface area contributed by atoms with Gasteiger partial charge in [0.05, 0.1) is 0 Å². The fourth-order valence-electron chi connectivity index (χ4n) is 2.40. The Kier molecular flexibility index (Phi) is 5.82. The number of nitrogens with zero attached hydrogens (tertiary/aromatic N) is 2. The van der Waals surface area contributed by atoms with Gasteiger partial charge in [-0.25, -0.2) is 0 Å². The predicted octanol–water partition coefficient (Wildman–Crippen LogP) is 4.57. The summed E-state index contributed by atoms with van der Waals surface area (Å²) >= 11 is 3.66. The molecule has 6 heteroatoms. The standard InChI is InChI=1S/C18H15BrF2N2Se/c19-16-4-2-1-3-13(16)11-24-18(10-23-8-7-22-12-23)15-6-5-14(20)9-17(15)21/h1-9,12,18H,10-11H2. The molecule has 3 aromatic rings. The van der Waals surface area contributed by atoms with Gasteiger partial charge in [0, 0.05) is 0 Å². The first-order chi connectivity index (χ1) is 11.6. The van der Waals surface area contributed by atoms with E-state index in [1.807, 2.05) is 29.0 Å². The second kappa shape index (κ2) is 8.06.